The average molecular weight is 348 g/mol. The predicted octanol–water partition coefficient (Wildman–Crippen LogP) is 5.30. The summed E-state index contributed by atoms with van der Waals surface area (Å²) in [5.41, 5.74) is 1.000. The number of aromatic hydroxyl groups is 1. The van der Waals surface area contributed by atoms with Crippen LogP contribution in [0.5, 0.6) is 11.5 Å². The molecular formula is C16H23Cl2NO3. The fraction of sp³-hybridized carbons (Fsp3) is 0.562. The van der Waals surface area contributed by atoms with Crippen LogP contribution in [0.2, 0.25) is 10.0 Å². The number of nitrogens with zero attached hydrogens (tertiary/aromatic N) is 1. The van der Waals surface area contributed by atoms with Crippen molar-refractivity contribution in [1.29, 1.82) is 0 Å². The summed E-state index contributed by atoms with van der Waals surface area (Å²) in [5.74, 6) is 0.847. The van der Waals surface area contributed by atoms with Gasteiger partial charge in [-0.05, 0) is 32.1 Å². The average Bonchev–Trinajstić information content (AvgIpc) is 2.43. The number of rotatable bonds is 9. The van der Waals surface area contributed by atoms with E-state index in [4.69, 9.17) is 32.8 Å². The van der Waals surface area contributed by atoms with Crippen LogP contribution in [0.1, 0.15) is 40.0 Å². The zero-order valence-corrected chi connectivity index (χ0v) is 14.7. The number of oxime groups is 1. The molecule has 22 heavy (non-hydrogen) atoms. The van der Waals surface area contributed by atoms with Crippen LogP contribution in [-0.4, -0.2) is 24.0 Å². The molecule has 1 aromatic rings. The molecule has 0 amide bonds. The minimum Gasteiger partial charge on any atom is -0.508 e. The Morgan fingerprint density at radius 1 is 1.14 bits per heavy atom. The molecule has 0 aliphatic rings. The molecule has 0 fully saturated rings. The van der Waals surface area contributed by atoms with Crippen molar-refractivity contribution >= 4 is 28.9 Å². The van der Waals surface area contributed by atoms with Crippen LogP contribution in [-0.2, 0) is 4.84 Å². The summed E-state index contributed by atoms with van der Waals surface area (Å²) >= 11 is 11.9. The molecule has 6 heteroatoms. The minimum atomic E-state index is 0.0248. The number of benzene rings is 1. The predicted molar refractivity (Wildman–Crippen MR) is 91.4 cm³/mol. The molecule has 0 atom stereocenters. The molecule has 0 radical (unpaired) electrons. The molecule has 0 bridgehead atoms. The van der Waals surface area contributed by atoms with E-state index in [2.05, 4.69) is 19.0 Å². The highest BCUT2D eigenvalue weighted by molar-refractivity contribution is 6.37. The minimum absolute atomic E-state index is 0.0248. The second kappa shape index (κ2) is 9.80. The van der Waals surface area contributed by atoms with E-state index >= 15 is 0 Å². The van der Waals surface area contributed by atoms with Gasteiger partial charge in [-0.15, -0.1) is 0 Å². The van der Waals surface area contributed by atoms with Crippen molar-refractivity contribution in [2.45, 2.75) is 40.0 Å². The molecule has 0 heterocycles. The molecule has 1 rings (SSSR count). The second-order valence-corrected chi connectivity index (χ2v) is 6.18. The molecule has 4 nitrogen and oxygen atoms in total. The van der Waals surface area contributed by atoms with Crippen LogP contribution >= 0.6 is 23.2 Å². The summed E-state index contributed by atoms with van der Waals surface area (Å²) in [7, 11) is 0. The third kappa shape index (κ3) is 6.75. The van der Waals surface area contributed by atoms with E-state index in [0.717, 1.165) is 25.0 Å². The first-order chi connectivity index (χ1) is 10.4. The molecule has 1 aromatic carbocycles. The SMILES string of the molecule is CC(=NOCCCCCOc1c(Cl)cc(O)cc1Cl)C(C)C. The van der Waals surface area contributed by atoms with Crippen LogP contribution in [0, 0.1) is 5.92 Å². The molecule has 1 N–H and O–H groups in total. The van der Waals surface area contributed by atoms with E-state index in [-0.39, 0.29) is 5.75 Å². The summed E-state index contributed by atoms with van der Waals surface area (Å²) in [6.07, 6.45) is 2.74. The quantitative estimate of drug-likeness (QED) is 0.374. The van der Waals surface area contributed by atoms with Crippen LogP contribution in [0.4, 0.5) is 0 Å². The summed E-state index contributed by atoms with van der Waals surface area (Å²) in [4.78, 5) is 5.25. The Kier molecular flexibility index (Phi) is 8.43. The smallest absolute Gasteiger partial charge is 0.156 e. The normalized spacial score (nSPS) is 11.8. The third-order valence-corrected chi connectivity index (χ3v) is 3.72. The number of hydrogen-bond donors (Lipinski definition) is 1. The molecule has 0 spiro atoms. The number of phenolic OH excluding ortho intramolecular Hbond substituents is 1. The zero-order valence-electron chi connectivity index (χ0n) is 13.2. The van der Waals surface area contributed by atoms with Gasteiger partial charge in [0.05, 0.1) is 22.4 Å². The third-order valence-electron chi connectivity index (χ3n) is 3.15. The van der Waals surface area contributed by atoms with E-state index in [0.29, 0.717) is 34.9 Å². The maximum Gasteiger partial charge on any atom is 0.156 e. The van der Waals surface area contributed by atoms with Crippen molar-refractivity contribution in [1.82, 2.24) is 0 Å². The van der Waals surface area contributed by atoms with Crippen molar-refractivity contribution in [3.8, 4) is 11.5 Å². The van der Waals surface area contributed by atoms with Crippen molar-refractivity contribution in [2.24, 2.45) is 11.1 Å². The largest absolute Gasteiger partial charge is 0.508 e. The molecule has 0 aliphatic carbocycles. The molecule has 124 valence electrons. The zero-order chi connectivity index (χ0) is 16.5. The summed E-state index contributed by atoms with van der Waals surface area (Å²) in [6.45, 7) is 7.24. The number of phenols is 1. The van der Waals surface area contributed by atoms with Gasteiger partial charge >= 0.3 is 0 Å². The van der Waals surface area contributed by atoms with Gasteiger partial charge in [-0.1, -0.05) is 42.2 Å². The van der Waals surface area contributed by atoms with Crippen molar-refractivity contribution < 1.29 is 14.7 Å². The standard InChI is InChI=1S/C16H23Cl2NO3/c1-11(2)12(3)19-22-8-6-4-5-7-21-16-14(17)9-13(20)10-15(16)18/h9-11,20H,4-8H2,1-3H3. The second-order valence-electron chi connectivity index (χ2n) is 5.37. The van der Waals surface area contributed by atoms with E-state index in [1.165, 1.54) is 12.1 Å². The lowest BCUT2D eigenvalue weighted by molar-refractivity contribution is 0.137. The Balaban J connectivity index is 2.18. The van der Waals surface area contributed by atoms with Gasteiger partial charge in [0.25, 0.3) is 0 Å². The van der Waals surface area contributed by atoms with Gasteiger partial charge in [-0.3, -0.25) is 0 Å². The Morgan fingerprint density at radius 2 is 1.73 bits per heavy atom. The van der Waals surface area contributed by atoms with Crippen LogP contribution in [0.3, 0.4) is 0 Å². The van der Waals surface area contributed by atoms with Crippen LogP contribution in [0.15, 0.2) is 17.3 Å². The van der Waals surface area contributed by atoms with E-state index in [1.807, 2.05) is 6.92 Å². The van der Waals surface area contributed by atoms with Gasteiger partial charge in [0.15, 0.2) is 5.75 Å². The molecule has 0 saturated heterocycles. The van der Waals surface area contributed by atoms with Gasteiger partial charge in [0, 0.05) is 12.1 Å². The fourth-order valence-electron chi connectivity index (χ4n) is 1.56. The highest BCUT2D eigenvalue weighted by atomic mass is 35.5. The summed E-state index contributed by atoms with van der Waals surface area (Å²) in [5, 5.41) is 14.0. The highest BCUT2D eigenvalue weighted by Crippen LogP contribution is 2.36. The Labute approximate surface area is 142 Å². The topological polar surface area (TPSA) is 51.0 Å². The Hall–Kier alpha value is -1.13. The molecule has 0 unspecified atom stereocenters. The van der Waals surface area contributed by atoms with Crippen molar-refractivity contribution in [3.63, 3.8) is 0 Å². The maximum absolute atomic E-state index is 9.33. The van der Waals surface area contributed by atoms with Crippen molar-refractivity contribution in [2.75, 3.05) is 13.2 Å². The lowest BCUT2D eigenvalue weighted by atomic mass is 10.1. The molecular weight excluding hydrogens is 325 g/mol. The van der Waals surface area contributed by atoms with Gasteiger partial charge in [0.1, 0.15) is 12.4 Å². The summed E-state index contributed by atoms with van der Waals surface area (Å²) < 4.78 is 5.56. The van der Waals surface area contributed by atoms with Gasteiger partial charge < -0.3 is 14.7 Å². The number of halogens is 2. The Morgan fingerprint density at radius 3 is 2.32 bits per heavy atom. The van der Waals surface area contributed by atoms with E-state index in [1.54, 1.807) is 0 Å². The maximum atomic E-state index is 9.33. The van der Waals surface area contributed by atoms with Gasteiger partial charge in [-0.25, -0.2) is 0 Å². The van der Waals surface area contributed by atoms with E-state index in [9.17, 15) is 5.11 Å². The lowest BCUT2D eigenvalue weighted by Gasteiger charge is -2.10. The number of hydrogen-bond acceptors (Lipinski definition) is 4. The highest BCUT2D eigenvalue weighted by Gasteiger charge is 2.09. The first-order valence-electron chi connectivity index (χ1n) is 7.39. The lowest BCUT2D eigenvalue weighted by Crippen LogP contribution is -2.03. The molecule has 0 aromatic heterocycles. The number of unbranched alkanes of at least 4 members (excludes halogenated alkanes) is 2. The monoisotopic (exact) mass is 347 g/mol. The Bertz CT molecular complexity index is 481. The summed E-state index contributed by atoms with van der Waals surface area (Å²) in [6, 6.07) is 2.82. The first kappa shape index (κ1) is 18.9. The molecule has 0 saturated carbocycles. The first-order valence-corrected chi connectivity index (χ1v) is 8.14. The van der Waals surface area contributed by atoms with Crippen LogP contribution in [0.25, 0.3) is 0 Å². The van der Waals surface area contributed by atoms with E-state index < -0.39 is 0 Å². The van der Waals surface area contributed by atoms with Gasteiger partial charge in [-0.2, -0.15) is 0 Å². The van der Waals surface area contributed by atoms with Gasteiger partial charge in [0.2, 0.25) is 0 Å². The van der Waals surface area contributed by atoms with Crippen LogP contribution < -0.4 is 4.74 Å². The molecule has 0 aliphatic heterocycles. The number of ether oxygens (including phenoxy) is 1. The van der Waals surface area contributed by atoms with Crippen molar-refractivity contribution in [3.05, 3.63) is 22.2 Å². The fourth-order valence-corrected chi connectivity index (χ4v) is 2.14.